The van der Waals surface area contributed by atoms with Crippen molar-refractivity contribution >= 4 is 45.9 Å². The van der Waals surface area contributed by atoms with E-state index in [2.05, 4.69) is 33.1 Å². The molecule has 4 N–H and O–H groups in total. The molecule has 2 rings (SSSR count). The standard InChI is InChI=1S/C13H15ClIN3O2/c14-9-7-8(3-4-10(9)15)11(19)17-13(12(16)18-20)5-1-2-6-13/h3-4,7,20H,1-2,5-6H2,(H2,16,18)(H,17,19). The molecule has 0 aromatic heterocycles. The fourth-order valence-corrected chi connectivity index (χ4v) is 2.96. The van der Waals surface area contributed by atoms with Gasteiger partial charge in [0, 0.05) is 9.13 Å². The van der Waals surface area contributed by atoms with Gasteiger partial charge in [0.05, 0.1) is 5.02 Å². The van der Waals surface area contributed by atoms with Gasteiger partial charge in [-0.05, 0) is 53.6 Å². The maximum absolute atomic E-state index is 12.3. The number of amidine groups is 1. The molecule has 1 aliphatic carbocycles. The fraction of sp³-hybridized carbons (Fsp3) is 0.385. The van der Waals surface area contributed by atoms with Gasteiger partial charge in [-0.25, -0.2) is 0 Å². The number of oxime groups is 1. The molecule has 1 aliphatic rings. The summed E-state index contributed by atoms with van der Waals surface area (Å²) in [5.74, 6) is -0.211. The zero-order valence-electron chi connectivity index (χ0n) is 10.7. The van der Waals surface area contributed by atoms with Gasteiger partial charge in [-0.2, -0.15) is 0 Å². The zero-order chi connectivity index (χ0) is 14.8. The van der Waals surface area contributed by atoms with Crippen LogP contribution in [0.25, 0.3) is 0 Å². The summed E-state index contributed by atoms with van der Waals surface area (Å²) in [6, 6.07) is 5.11. The Labute approximate surface area is 135 Å². The monoisotopic (exact) mass is 407 g/mol. The van der Waals surface area contributed by atoms with Gasteiger partial charge in [0.15, 0.2) is 5.84 Å². The first-order valence-corrected chi connectivity index (χ1v) is 7.70. The van der Waals surface area contributed by atoms with Gasteiger partial charge in [-0.3, -0.25) is 4.79 Å². The predicted molar refractivity (Wildman–Crippen MR) is 86.2 cm³/mol. The van der Waals surface area contributed by atoms with Crippen LogP contribution in [0.3, 0.4) is 0 Å². The van der Waals surface area contributed by atoms with Crippen molar-refractivity contribution in [1.82, 2.24) is 5.32 Å². The van der Waals surface area contributed by atoms with Crippen LogP contribution in [0.1, 0.15) is 36.0 Å². The first-order chi connectivity index (χ1) is 9.48. The Hall–Kier alpha value is -1.02. The molecule has 1 fully saturated rings. The number of amides is 1. The van der Waals surface area contributed by atoms with Crippen LogP contribution in [0.4, 0.5) is 0 Å². The van der Waals surface area contributed by atoms with E-state index in [-0.39, 0.29) is 11.7 Å². The van der Waals surface area contributed by atoms with Gasteiger partial charge < -0.3 is 16.3 Å². The van der Waals surface area contributed by atoms with Crippen LogP contribution in [0.2, 0.25) is 5.02 Å². The van der Waals surface area contributed by atoms with Gasteiger partial charge in [-0.15, -0.1) is 0 Å². The van der Waals surface area contributed by atoms with Crippen LogP contribution < -0.4 is 11.1 Å². The molecular formula is C13H15ClIN3O2. The minimum atomic E-state index is -0.749. The van der Waals surface area contributed by atoms with Crippen molar-refractivity contribution in [2.45, 2.75) is 31.2 Å². The average molecular weight is 408 g/mol. The van der Waals surface area contributed by atoms with E-state index in [0.29, 0.717) is 23.4 Å². The van der Waals surface area contributed by atoms with Gasteiger partial charge in [-0.1, -0.05) is 29.6 Å². The Morgan fingerprint density at radius 1 is 1.45 bits per heavy atom. The summed E-state index contributed by atoms with van der Waals surface area (Å²) in [6.07, 6.45) is 3.22. The van der Waals surface area contributed by atoms with Crippen LogP contribution in [0, 0.1) is 3.57 Å². The first-order valence-electron chi connectivity index (χ1n) is 6.24. The highest BCUT2D eigenvalue weighted by Gasteiger charge is 2.39. The molecular weight excluding hydrogens is 393 g/mol. The molecule has 0 saturated heterocycles. The molecule has 0 radical (unpaired) electrons. The van der Waals surface area contributed by atoms with Gasteiger partial charge >= 0.3 is 0 Å². The van der Waals surface area contributed by atoms with Gasteiger partial charge in [0.1, 0.15) is 5.54 Å². The number of nitrogens with one attached hydrogen (secondary N) is 1. The quantitative estimate of drug-likeness (QED) is 0.237. The lowest BCUT2D eigenvalue weighted by atomic mass is 9.95. The molecule has 0 spiro atoms. The van der Waals surface area contributed by atoms with Crippen molar-refractivity contribution in [2.24, 2.45) is 10.9 Å². The molecule has 20 heavy (non-hydrogen) atoms. The molecule has 1 aromatic rings. The van der Waals surface area contributed by atoms with E-state index in [1.807, 2.05) is 0 Å². The second kappa shape index (κ2) is 6.17. The normalized spacial score (nSPS) is 18.0. The Morgan fingerprint density at radius 2 is 2.10 bits per heavy atom. The van der Waals surface area contributed by atoms with Crippen LogP contribution in [0.5, 0.6) is 0 Å². The van der Waals surface area contributed by atoms with Crippen LogP contribution in [0.15, 0.2) is 23.4 Å². The van der Waals surface area contributed by atoms with Crippen molar-refractivity contribution in [3.63, 3.8) is 0 Å². The highest BCUT2D eigenvalue weighted by molar-refractivity contribution is 14.1. The summed E-state index contributed by atoms with van der Waals surface area (Å²) in [6.45, 7) is 0. The van der Waals surface area contributed by atoms with Crippen molar-refractivity contribution in [1.29, 1.82) is 0 Å². The highest BCUT2D eigenvalue weighted by Crippen LogP contribution is 2.30. The molecule has 0 aliphatic heterocycles. The SMILES string of the molecule is N/C(=N/O)C1(NC(=O)c2ccc(I)c(Cl)c2)CCCC1. The highest BCUT2D eigenvalue weighted by atomic mass is 127. The summed E-state index contributed by atoms with van der Waals surface area (Å²) < 4.78 is 0.882. The van der Waals surface area contributed by atoms with Crippen molar-refractivity contribution in [2.75, 3.05) is 0 Å². The number of carbonyl (C=O) groups excluding carboxylic acids is 1. The van der Waals surface area contributed by atoms with Crippen molar-refractivity contribution < 1.29 is 10.0 Å². The summed E-state index contributed by atoms with van der Waals surface area (Å²) in [5.41, 5.74) is 5.47. The third-order valence-corrected chi connectivity index (χ3v) is 5.16. The summed E-state index contributed by atoms with van der Waals surface area (Å²) >= 11 is 8.12. The van der Waals surface area contributed by atoms with Crippen LogP contribution in [-0.2, 0) is 0 Å². The molecule has 0 unspecified atom stereocenters. The maximum Gasteiger partial charge on any atom is 0.252 e. The lowest BCUT2D eigenvalue weighted by Gasteiger charge is -2.28. The van der Waals surface area contributed by atoms with E-state index >= 15 is 0 Å². The second-order valence-corrected chi connectivity index (χ2v) is 6.43. The molecule has 0 atom stereocenters. The van der Waals surface area contributed by atoms with Crippen molar-refractivity contribution in [3.05, 3.63) is 32.4 Å². The maximum atomic E-state index is 12.3. The smallest absolute Gasteiger partial charge is 0.252 e. The van der Waals surface area contributed by atoms with E-state index in [0.717, 1.165) is 16.4 Å². The topological polar surface area (TPSA) is 87.7 Å². The van der Waals surface area contributed by atoms with E-state index in [1.54, 1.807) is 18.2 Å². The Bertz CT molecular complexity index is 557. The fourth-order valence-electron chi connectivity index (χ4n) is 2.45. The summed E-state index contributed by atoms with van der Waals surface area (Å²) in [7, 11) is 0. The predicted octanol–water partition coefficient (Wildman–Crippen LogP) is 2.73. The van der Waals surface area contributed by atoms with Crippen LogP contribution in [-0.4, -0.2) is 22.5 Å². The molecule has 7 heteroatoms. The Morgan fingerprint density at radius 3 is 2.65 bits per heavy atom. The number of benzene rings is 1. The molecule has 0 bridgehead atoms. The van der Waals surface area contributed by atoms with E-state index in [4.69, 9.17) is 22.5 Å². The number of nitrogens with two attached hydrogens (primary N) is 1. The number of hydrogen-bond acceptors (Lipinski definition) is 3. The average Bonchev–Trinajstić information content (AvgIpc) is 2.90. The Kier molecular flexibility index (Phi) is 4.74. The summed E-state index contributed by atoms with van der Waals surface area (Å²) in [4.78, 5) is 12.3. The number of nitrogens with zero attached hydrogens (tertiary/aromatic N) is 1. The number of hydrogen-bond donors (Lipinski definition) is 3. The molecule has 108 valence electrons. The largest absolute Gasteiger partial charge is 0.409 e. The second-order valence-electron chi connectivity index (χ2n) is 4.86. The number of halogens is 2. The van der Waals surface area contributed by atoms with Crippen molar-refractivity contribution in [3.8, 4) is 0 Å². The minimum Gasteiger partial charge on any atom is -0.409 e. The van der Waals surface area contributed by atoms with E-state index in [1.165, 1.54) is 0 Å². The molecule has 0 heterocycles. The minimum absolute atomic E-state index is 0.0555. The first kappa shape index (κ1) is 15.4. The zero-order valence-corrected chi connectivity index (χ0v) is 13.6. The van der Waals surface area contributed by atoms with Gasteiger partial charge in [0.2, 0.25) is 0 Å². The third-order valence-electron chi connectivity index (χ3n) is 3.59. The van der Waals surface area contributed by atoms with Gasteiger partial charge in [0.25, 0.3) is 5.91 Å². The Balaban J connectivity index is 2.23. The third kappa shape index (κ3) is 3.01. The van der Waals surface area contributed by atoms with E-state index in [9.17, 15) is 4.79 Å². The molecule has 1 amide bonds. The van der Waals surface area contributed by atoms with E-state index < -0.39 is 5.54 Å². The summed E-state index contributed by atoms with van der Waals surface area (Å²) in [5, 5.41) is 15.4. The molecule has 1 saturated carbocycles. The lowest BCUT2D eigenvalue weighted by Crippen LogP contribution is -2.55. The van der Waals surface area contributed by atoms with Crippen LogP contribution >= 0.6 is 34.2 Å². The lowest BCUT2D eigenvalue weighted by molar-refractivity contribution is 0.0922. The molecule has 1 aromatic carbocycles. The number of carbonyl (C=O) groups is 1. The molecule has 5 nitrogen and oxygen atoms in total. The number of rotatable bonds is 3.